The molecule has 2 atom stereocenters. The first-order chi connectivity index (χ1) is 7.09. The van der Waals surface area contributed by atoms with Crippen LogP contribution in [0.2, 0.25) is 5.02 Å². The second-order valence-corrected chi connectivity index (χ2v) is 5.72. The third-order valence-corrected chi connectivity index (χ3v) is 4.26. The van der Waals surface area contributed by atoms with Crippen molar-refractivity contribution in [3.8, 4) is 0 Å². The highest BCUT2D eigenvalue weighted by molar-refractivity contribution is 7.99. The molecule has 0 aromatic heterocycles. The highest BCUT2D eigenvalue weighted by atomic mass is 35.5. The summed E-state index contributed by atoms with van der Waals surface area (Å²) in [7, 11) is 0. The first-order valence-corrected chi connectivity index (χ1v) is 6.36. The summed E-state index contributed by atoms with van der Waals surface area (Å²) in [5.74, 6) is 0.475. The predicted molar refractivity (Wildman–Crippen MR) is 63.7 cm³/mol. The van der Waals surface area contributed by atoms with Crippen LogP contribution in [0.3, 0.4) is 0 Å². The lowest BCUT2D eigenvalue weighted by Crippen LogP contribution is -2.15. The Hall–Kier alpha value is -0.250. The van der Waals surface area contributed by atoms with Gasteiger partial charge in [0, 0.05) is 27.6 Å². The minimum atomic E-state index is -0.188. The Kier molecular flexibility index (Phi) is 3.24. The van der Waals surface area contributed by atoms with E-state index in [0.717, 1.165) is 12.0 Å². The van der Waals surface area contributed by atoms with E-state index >= 15 is 0 Å². The number of hydrogen-bond acceptors (Lipinski definition) is 2. The van der Waals surface area contributed by atoms with Gasteiger partial charge < -0.3 is 5.73 Å². The number of thioether (sulfide) groups is 1. The van der Waals surface area contributed by atoms with Gasteiger partial charge in [0.2, 0.25) is 0 Å². The SMILES string of the molecule is CC1C[C@H](N)c2c(Cl)ccc(F)c2CS1. The van der Waals surface area contributed by atoms with Gasteiger partial charge in [0.1, 0.15) is 5.82 Å². The fourth-order valence-corrected chi connectivity index (χ4v) is 3.33. The molecule has 0 saturated carbocycles. The summed E-state index contributed by atoms with van der Waals surface area (Å²) in [6.45, 7) is 2.11. The summed E-state index contributed by atoms with van der Waals surface area (Å²) in [5, 5.41) is 1.04. The molecule has 1 heterocycles. The van der Waals surface area contributed by atoms with Crippen molar-refractivity contribution in [2.24, 2.45) is 5.73 Å². The zero-order valence-electron chi connectivity index (χ0n) is 8.47. The van der Waals surface area contributed by atoms with Crippen molar-refractivity contribution < 1.29 is 4.39 Å². The van der Waals surface area contributed by atoms with Gasteiger partial charge in [-0.3, -0.25) is 0 Å². The third-order valence-electron chi connectivity index (χ3n) is 2.72. The average molecular weight is 246 g/mol. The summed E-state index contributed by atoms with van der Waals surface area (Å²) in [4.78, 5) is 0. The molecule has 82 valence electrons. The molecule has 0 saturated heterocycles. The van der Waals surface area contributed by atoms with Gasteiger partial charge in [0.25, 0.3) is 0 Å². The van der Waals surface area contributed by atoms with Gasteiger partial charge in [-0.15, -0.1) is 0 Å². The number of rotatable bonds is 0. The molecule has 0 fully saturated rings. The van der Waals surface area contributed by atoms with Crippen molar-refractivity contribution in [2.45, 2.75) is 30.4 Å². The van der Waals surface area contributed by atoms with Crippen molar-refractivity contribution in [2.75, 3.05) is 0 Å². The number of hydrogen-bond donors (Lipinski definition) is 1. The van der Waals surface area contributed by atoms with E-state index in [1.54, 1.807) is 17.8 Å². The van der Waals surface area contributed by atoms with Crippen molar-refractivity contribution >= 4 is 23.4 Å². The van der Waals surface area contributed by atoms with Crippen LogP contribution in [0.25, 0.3) is 0 Å². The molecule has 0 aliphatic carbocycles. The molecule has 0 radical (unpaired) electrons. The maximum absolute atomic E-state index is 13.6. The quantitative estimate of drug-likeness (QED) is 0.757. The first kappa shape index (κ1) is 11.2. The highest BCUT2D eigenvalue weighted by Gasteiger charge is 2.24. The lowest BCUT2D eigenvalue weighted by Gasteiger charge is -2.15. The Balaban J connectivity index is 2.52. The summed E-state index contributed by atoms with van der Waals surface area (Å²) < 4.78 is 13.6. The van der Waals surface area contributed by atoms with Gasteiger partial charge in [-0.1, -0.05) is 18.5 Å². The molecule has 2 N–H and O–H groups in total. The summed E-state index contributed by atoms with van der Waals surface area (Å²) in [6.07, 6.45) is 0.848. The molecule has 0 bridgehead atoms. The minimum absolute atomic E-state index is 0.145. The maximum Gasteiger partial charge on any atom is 0.127 e. The molecule has 1 nitrogen and oxygen atoms in total. The van der Waals surface area contributed by atoms with E-state index in [0.29, 0.717) is 21.6 Å². The minimum Gasteiger partial charge on any atom is -0.324 e. The van der Waals surface area contributed by atoms with Crippen molar-refractivity contribution in [1.82, 2.24) is 0 Å². The lowest BCUT2D eigenvalue weighted by atomic mass is 9.98. The van der Waals surface area contributed by atoms with E-state index < -0.39 is 0 Å². The Bertz CT molecular complexity index is 383. The fraction of sp³-hybridized carbons (Fsp3) is 0.455. The van der Waals surface area contributed by atoms with Crippen molar-refractivity contribution in [3.63, 3.8) is 0 Å². The molecule has 0 spiro atoms. The molecule has 1 aromatic rings. The van der Waals surface area contributed by atoms with E-state index in [-0.39, 0.29) is 11.9 Å². The molecular formula is C11H13ClFNS. The maximum atomic E-state index is 13.6. The van der Waals surface area contributed by atoms with Gasteiger partial charge in [0.05, 0.1) is 0 Å². The van der Waals surface area contributed by atoms with Crippen LogP contribution in [0, 0.1) is 5.82 Å². The monoisotopic (exact) mass is 245 g/mol. The molecule has 0 amide bonds. The zero-order chi connectivity index (χ0) is 11.0. The number of nitrogens with two attached hydrogens (primary N) is 1. The van der Waals surface area contributed by atoms with Crippen LogP contribution in [-0.2, 0) is 5.75 Å². The average Bonchev–Trinajstić information content (AvgIpc) is 2.32. The molecule has 1 aromatic carbocycles. The van der Waals surface area contributed by atoms with Gasteiger partial charge >= 0.3 is 0 Å². The van der Waals surface area contributed by atoms with Crippen LogP contribution in [-0.4, -0.2) is 5.25 Å². The molecule has 15 heavy (non-hydrogen) atoms. The van der Waals surface area contributed by atoms with Crippen LogP contribution in [0.5, 0.6) is 0 Å². The lowest BCUT2D eigenvalue weighted by molar-refractivity contribution is 0.601. The first-order valence-electron chi connectivity index (χ1n) is 4.93. The van der Waals surface area contributed by atoms with Crippen LogP contribution >= 0.6 is 23.4 Å². The van der Waals surface area contributed by atoms with Crippen LogP contribution in [0.1, 0.15) is 30.5 Å². The van der Waals surface area contributed by atoms with Crippen LogP contribution < -0.4 is 5.73 Å². The Morgan fingerprint density at radius 1 is 1.53 bits per heavy atom. The zero-order valence-corrected chi connectivity index (χ0v) is 10.0. The van der Waals surface area contributed by atoms with E-state index in [1.165, 1.54) is 6.07 Å². The summed E-state index contributed by atoms with van der Waals surface area (Å²) in [6, 6.07) is 2.87. The van der Waals surface area contributed by atoms with Gasteiger partial charge in [-0.2, -0.15) is 11.8 Å². The Labute approximate surface area is 98.2 Å². The topological polar surface area (TPSA) is 26.0 Å². The number of benzene rings is 1. The van der Waals surface area contributed by atoms with E-state index in [9.17, 15) is 4.39 Å². The fourth-order valence-electron chi connectivity index (χ4n) is 1.93. The molecule has 2 rings (SSSR count). The highest BCUT2D eigenvalue weighted by Crippen LogP contribution is 2.38. The second-order valence-electron chi connectivity index (χ2n) is 3.89. The summed E-state index contributed by atoms with van der Waals surface area (Å²) >= 11 is 7.80. The molecular weight excluding hydrogens is 233 g/mol. The van der Waals surface area contributed by atoms with Crippen molar-refractivity contribution in [1.29, 1.82) is 0 Å². The van der Waals surface area contributed by atoms with Gasteiger partial charge in [0.15, 0.2) is 0 Å². The van der Waals surface area contributed by atoms with E-state index in [2.05, 4.69) is 6.92 Å². The predicted octanol–water partition coefficient (Wildman–Crippen LogP) is 3.50. The van der Waals surface area contributed by atoms with E-state index in [1.807, 2.05) is 0 Å². The normalized spacial score (nSPS) is 25.9. The van der Waals surface area contributed by atoms with Crippen LogP contribution in [0.4, 0.5) is 4.39 Å². The number of halogens is 2. The van der Waals surface area contributed by atoms with E-state index in [4.69, 9.17) is 17.3 Å². The number of fused-ring (bicyclic) bond motifs is 1. The smallest absolute Gasteiger partial charge is 0.127 e. The molecule has 1 aliphatic heterocycles. The van der Waals surface area contributed by atoms with Crippen LogP contribution in [0.15, 0.2) is 12.1 Å². The Morgan fingerprint density at radius 3 is 3.00 bits per heavy atom. The molecule has 1 unspecified atom stereocenters. The molecule has 1 aliphatic rings. The largest absolute Gasteiger partial charge is 0.324 e. The third kappa shape index (κ3) is 2.14. The second kappa shape index (κ2) is 4.32. The molecule has 4 heteroatoms. The van der Waals surface area contributed by atoms with Gasteiger partial charge in [-0.25, -0.2) is 4.39 Å². The van der Waals surface area contributed by atoms with Gasteiger partial charge in [-0.05, 0) is 24.1 Å². The Morgan fingerprint density at radius 2 is 2.27 bits per heavy atom. The summed E-state index contributed by atoms with van der Waals surface area (Å²) in [5.41, 5.74) is 7.53. The standard InChI is InChI=1S/C11H13ClFNS/c1-6-4-10(14)11-7(5-15-6)9(13)3-2-8(11)12/h2-3,6,10H,4-5,14H2,1H3/t6?,10-/m0/s1. The van der Waals surface area contributed by atoms with Crippen molar-refractivity contribution in [3.05, 3.63) is 34.1 Å².